The Balaban J connectivity index is 1.38. The maximum Gasteiger partial charge on any atom is 0.227 e. The molecule has 33 heavy (non-hydrogen) atoms. The Morgan fingerprint density at radius 3 is 2.36 bits per heavy atom. The average Bonchev–Trinajstić information content (AvgIpc) is 2.83. The molecular weight excluding hydrogens is 415 g/mol. The van der Waals surface area contributed by atoms with E-state index in [-0.39, 0.29) is 17.8 Å². The molecule has 172 valence electrons. The molecule has 4 rings (SSSR count). The number of benzene rings is 3. The van der Waals surface area contributed by atoms with Crippen LogP contribution < -0.4 is 9.64 Å². The highest BCUT2D eigenvalue weighted by atomic mass is 19.1. The van der Waals surface area contributed by atoms with E-state index < -0.39 is 0 Å². The monoisotopic (exact) mass is 446 g/mol. The Bertz CT molecular complexity index is 1030. The summed E-state index contributed by atoms with van der Waals surface area (Å²) in [6.07, 6.45) is 3.10. The fourth-order valence-electron chi connectivity index (χ4n) is 4.42. The molecule has 0 unspecified atom stereocenters. The van der Waals surface area contributed by atoms with Gasteiger partial charge < -0.3 is 9.64 Å². The zero-order chi connectivity index (χ0) is 23.0. The van der Waals surface area contributed by atoms with Crippen LogP contribution in [0, 0.1) is 5.82 Å². The normalized spacial score (nSPS) is 14.7. The van der Waals surface area contributed by atoms with Gasteiger partial charge in [0, 0.05) is 37.8 Å². The first kappa shape index (κ1) is 23.0. The van der Waals surface area contributed by atoms with E-state index >= 15 is 0 Å². The van der Waals surface area contributed by atoms with E-state index in [4.69, 9.17) is 4.74 Å². The van der Waals surface area contributed by atoms with Gasteiger partial charge in [0.25, 0.3) is 0 Å². The minimum atomic E-state index is -0.282. The van der Waals surface area contributed by atoms with Gasteiger partial charge in [-0.15, -0.1) is 0 Å². The molecule has 1 aliphatic heterocycles. The van der Waals surface area contributed by atoms with Gasteiger partial charge in [-0.25, -0.2) is 4.39 Å². The number of ether oxygens (including phenoxy) is 1. The number of likely N-dealkylation sites (tertiary alicyclic amines) is 1. The molecular formula is C28H31FN2O2. The molecule has 0 radical (unpaired) electrons. The number of hydrogen-bond acceptors (Lipinski definition) is 3. The van der Waals surface area contributed by atoms with Crippen molar-refractivity contribution in [1.82, 2.24) is 4.90 Å². The molecule has 0 N–H and O–H groups in total. The van der Waals surface area contributed by atoms with E-state index in [0.29, 0.717) is 6.42 Å². The van der Waals surface area contributed by atoms with Crippen LogP contribution in [-0.2, 0) is 11.3 Å². The summed E-state index contributed by atoms with van der Waals surface area (Å²) in [5.74, 6) is 1.50. The van der Waals surface area contributed by atoms with Crippen LogP contribution in [0.5, 0.6) is 11.5 Å². The largest absolute Gasteiger partial charge is 0.457 e. The van der Waals surface area contributed by atoms with Crippen molar-refractivity contribution in [3.05, 3.63) is 90.2 Å². The topological polar surface area (TPSA) is 32.8 Å². The first-order valence-corrected chi connectivity index (χ1v) is 11.7. The predicted octanol–water partition coefficient (Wildman–Crippen LogP) is 6.42. The summed E-state index contributed by atoms with van der Waals surface area (Å²) in [7, 11) is 0. The fourth-order valence-corrected chi connectivity index (χ4v) is 4.42. The van der Waals surface area contributed by atoms with Crippen molar-refractivity contribution in [3.63, 3.8) is 0 Å². The Morgan fingerprint density at radius 1 is 0.970 bits per heavy atom. The number of piperidine rings is 1. The van der Waals surface area contributed by atoms with E-state index in [1.54, 1.807) is 12.1 Å². The summed E-state index contributed by atoms with van der Waals surface area (Å²) < 4.78 is 19.4. The van der Waals surface area contributed by atoms with Crippen molar-refractivity contribution in [2.75, 3.05) is 18.0 Å². The highest BCUT2D eigenvalue weighted by molar-refractivity contribution is 5.93. The summed E-state index contributed by atoms with van der Waals surface area (Å²) >= 11 is 0. The van der Waals surface area contributed by atoms with Crippen molar-refractivity contribution < 1.29 is 13.9 Å². The maximum absolute atomic E-state index is 13.4. The van der Waals surface area contributed by atoms with Crippen LogP contribution in [-0.4, -0.2) is 29.9 Å². The third-order valence-corrected chi connectivity index (χ3v) is 6.04. The number of carbonyl (C=O) groups is 1. The summed E-state index contributed by atoms with van der Waals surface area (Å²) in [5, 5.41) is 0. The lowest BCUT2D eigenvalue weighted by Gasteiger charge is -2.38. The minimum Gasteiger partial charge on any atom is -0.457 e. The van der Waals surface area contributed by atoms with Gasteiger partial charge >= 0.3 is 0 Å². The molecule has 5 heteroatoms. The van der Waals surface area contributed by atoms with Crippen LogP contribution in [0.1, 0.15) is 38.2 Å². The highest BCUT2D eigenvalue weighted by Gasteiger charge is 2.28. The molecule has 0 bridgehead atoms. The van der Waals surface area contributed by atoms with Crippen molar-refractivity contribution in [1.29, 1.82) is 0 Å². The molecule has 4 nitrogen and oxygen atoms in total. The Kier molecular flexibility index (Phi) is 7.74. The first-order valence-electron chi connectivity index (χ1n) is 11.7. The average molecular weight is 447 g/mol. The van der Waals surface area contributed by atoms with Gasteiger partial charge in [0.15, 0.2) is 0 Å². The smallest absolute Gasteiger partial charge is 0.227 e. The van der Waals surface area contributed by atoms with Crippen LogP contribution in [0.2, 0.25) is 0 Å². The SMILES string of the molecule is CCCC(=O)N(c1ccc(F)cc1)C1CCN(Cc2cccc(Oc3ccccc3)c2)CC1. The van der Waals surface area contributed by atoms with Crippen LogP contribution in [0.15, 0.2) is 78.9 Å². The van der Waals surface area contributed by atoms with Gasteiger partial charge in [-0.05, 0) is 73.4 Å². The molecule has 1 saturated heterocycles. The molecule has 1 amide bonds. The molecule has 0 spiro atoms. The number of hydrogen-bond donors (Lipinski definition) is 0. The number of amides is 1. The molecule has 0 aliphatic carbocycles. The van der Waals surface area contributed by atoms with Gasteiger partial charge in [0.05, 0.1) is 0 Å². The summed E-state index contributed by atoms with van der Waals surface area (Å²) in [6.45, 7) is 4.67. The standard InChI is InChI=1S/C28H31FN2O2/c1-2-7-28(32)31(24-14-12-23(29)13-15-24)25-16-18-30(19-17-25)21-22-8-6-11-27(20-22)33-26-9-4-3-5-10-26/h3-6,8-15,20,25H,2,7,16-19,21H2,1H3. The summed E-state index contributed by atoms with van der Waals surface area (Å²) in [4.78, 5) is 17.2. The van der Waals surface area contributed by atoms with Gasteiger partial charge in [-0.3, -0.25) is 9.69 Å². The Hall–Kier alpha value is -3.18. The second-order valence-electron chi connectivity index (χ2n) is 8.56. The molecule has 1 heterocycles. The fraction of sp³-hybridized carbons (Fsp3) is 0.321. The number of para-hydroxylation sites is 1. The van der Waals surface area contributed by atoms with Crippen LogP contribution in [0.3, 0.4) is 0 Å². The first-order chi connectivity index (χ1) is 16.1. The number of anilines is 1. The highest BCUT2D eigenvalue weighted by Crippen LogP contribution is 2.27. The van der Waals surface area contributed by atoms with Crippen LogP contribution in [0.4, 0.5) is 10.1 Å². The zero-order valence-electron chi connectivity index (χ0n) is 19.1. The maximum atomic E-state index is 13.4. The summed E-state index contributed by atoms with van der Waals surface area (Å²) in [5.41, 5.74) is 2.00. The van der Waals surface area contributed by atoms with E-state index in [1.165, 1.54) is 17.7 Å². The van der Waals surface area contributed by atoms with Crippen molar-refractivity contribution in [2.24, 2.45) is 0 Å². The second-order valence-corrected chi connectivity index (χ2v) is 8.56. The molecule has 1 aliphatic rings. The van der Waals surface area contributed by atoms with Crippen molar-refractivity contribution in [3.8, 4) is 11.5 Å². The third kappa shape index (κ3) is 6.20. The Labute approximate surface area is 195 Å². The van der Waals surface area contributed by atoms with Gasteiger partial charge in [0.1, 0.15) is 17.3 Å². The quantitative estimate of drug-likeness (QED) is 0.400. The minimum absolute atomic E-state index is 0.119. The van der Waals surface area contributed by atoms with Gasteiger partial charge in [-0.1, -0.05) is 37.3 Å². The van der Waals surface area contributed by atoms with E-state index in [1.807, 2.05) is 54.3 Å². The van der Waals surface area contributed by atoms with Crippen LogP contribution in [0.25, 0.3) is 0 Å². The van der Waals surface area contributed by atoms with E-state index in [0.717, 1.165) is 56.1 Å². The molecule has 3 aromatic carbocycles. The number of halogens is 1. The molecule has 0 aromatic heterocycles. The molecule has 0 saturated carbocycles. The molecule has 1 fully saturated rings. The number of nitrogens with zero attached hydrogens (tertiary/aromatic N) is 2. The number of carbonyl (C=O) groups excluding carboxylic acids is 1. The number of rotatable bonds is 8. The van der Waals surface area contributed by atoms with Crippen molar-refractivity contribution >= 4 is 11.6 Å². The van der Waals surface area contributed by atoms with Crippen molar-refractivity contribution in [2.45, 2.75) is 45.2 Å². The predicted molar refractivity (Wildman–Crippen MR) is 130 cm³/mol. The molecule has 0 atom stereocenters. The molecule has 3 aromatic rings. The second kappa shape index (κ2) is 11.1. The lowest BCUT2D eigenvalue weighted by molar-refractivity contribution is -0.119. The van der Waals surface area contributed by atoms with Crippen LogP contribution >= 0.6 is 0 Å². The van der Waals surface area contributed by atoms with Gasteiger partial charge in [-0.2, -0.15) is 0 Å². The van der Waals surface area contributed by atoms with E-state index in [2.05, 4.69) is 17.0 Å². The summed E-state index contributed by atoms with van der Waals surface area (Å²) in [6, 6.07) is 24.4. The lowest BCUT2D eigenvalue weighted by atomic mass is 10.0. The zero-order valence-corrected chi connectivity index (χ0v) is 19.1. The Morgan fingerprint density at radius 2 is 1.67 bits per heavy atom. The van der Waals surface area contributed by atoms with E-state index in [9.17, 15) is 9.18 Å². The third-order valence-electron chi connectivity index (χ3n) is 6.04. The lowest BCUT2D eigenvalue weighted by Crippen LogP contribution is -2.47. The van der Waals surface area contributed by atoms with Gasteiger partial charge in [0.2, 0.25) is 5.91 Å².